The van der Waals surface area contributed by atoms with Crippen molar-refractivity contribution in [2.75, 3.05) is 25.6 Å². The van der Waals surface area contributed by atoms with Crippen molar-refractivity contribution < 1.29 is 9.47 Å². The molecule has 1 heterocycles. The minimum atomic E-state index is 0.507. The normalized spacial score (nSPS) is 10.4. The van der Waals surface area contributed by atoms with Crippen LogP contribution in [0.15, 0.2) is 41.0 Å². The molecular weight excluding hydrogens is 332 g/mol. The highest BCUT2D eigenvalue weighted by Gasteiger charge is 2.01. The van der Waals surface area contributed by atoms with E-state index in [1.165, 1.54) is 11.1 Å². The standard InChI is InChI=1S/C16H19BrN2O2/c1-12-3-4-13(15(17)9-12)10-18-14-5-6-16(19-11-14)21-8-7-20-2/h3-6,9,11,18H,7-8,10H2,1-2H3. The van der Waals surface area contributed by atoms with Crippen molar-refractivity contribution in [3.63, 3.8) is 0 Å². The van der Waals surface area contributed by atoms with Gasteiger partial charge in [-0.15, -0.1) is 0 Å². The lowest BCUT2D eigenvalue weighted by Crippen LogP contribution is -2.06. The molecule has 112 valence electrons. The maximum atomic E-state index is 5.43. The van der Waals surface area contributed by atoms with Gasteiger partial charge in [-0.25, -0.2) is 4.98 Å². The Morgan fingerprint density at radius 1 is 1.19 bits per heavy atom. The fourth-order valence-electron chi connectivity index (χ4n) is 1.79. The van der Waals surface area contributed by atoms with E-state index < -0.39 is 0 Å². The van der Waals surface area contributed by atoms with Crippen LogP contribution < -0.4 is 10.1 Å². The van der Waals surface area contributed by atoms with Crippen molar-refractivity contribution in [2.24, 2.45) is 0 Å². The number of pyridine rings is 1. The van der Waals surface area contributed by atoms with Crippen molar-refractivity contribution in [1.29, 1.82) is 0 Å². The van der Waals surface area contributed by atoms with E-state index in [4.69, 9.17) is 9.47 Å². The predicted molar refractivity (Wildman–Crippen MR) is 87.8 cm³/mol. The predicted octanol–water partition coefficient (Wildman–Crippen LogP) is 3.79. The van der Waals surface area contributed by atoms with Gasteiger partial charge in [-0.3, -0.25) is 0 Å². The van der Waals surface area contributed by atoms with Crippen LogP contribution in [0.4, 0.5) is 5.69 Å². The Morgan fingerprint density at radius 3 is 2.71 bits per heavy atom. The van der Waals surface area contributed by atoms with Crippen LogP contribution in [-0.4, -0.2) is 25.3 Å². The van der Waals surface area contributed by atoms with Gasteiger partial charge in [0.1, 0.15) is 6.61 Å². The van der Waals surface area contributed by atoms with Crippen LogP contribution in [0.1, 0.15) is 11.1 Å². The van der Waals surface area contributed by atoms with Gasteiger partial charge >= 0.3 is 0 Å². The topological polar surface area (TPSA) is 43.4 Å². The summed E-state index contributed by atoms with van der Waals surface area (Å²) in [5.41, 5.74) is 3.41. The van der Waals surface area contributed by atoms with Gasteiger partial charge in [0.15, 0.2) is 0 Å². The van der Waals surface area contributed by atoms with Crippen LogP contribution in [0.25, 0.3) is 0 Å². The molecule has 0 radical (unpaired) electrons. The number of hydrogen-bond donors (Lipinski definition) is 1. The van der Waals surface area contributed by atoms with E-state index >= 15 is 0 Å². The quantitative estimate of drug-likeness (QED) is 0.771. The molecule has 0 atom stereocenters. The average Bonchev–Trinajstić information content (AvgIpc) is 2.48. The molecule has 0 aliphatic heterocycles. The van der Waals surface area contributed by atoms with Gasteiger partial charge in [-0.05, 0) is 30.2 Å². The maximum absolute atomic E-state index is 5.43. The highest BCUT2D eigenvalue weighted by molar-refractivity contribution is 9.10. The molecule has 21 heavy (non-hydrogen) atoms. The first-order valence-electron chi connectivity index (χ1n) is 6.76. The molecule has 1 aromatic heterocycles. The average molecular weight is 351 g/mol. The molecule has 0 fully saturated rings. The van der Waals surface area contributed by atoms with Crippen molar-refractivity contribution in [2.45, 2.75) is 13.5 Å². The smallest absolute Gasteiger partial charge is 0.213 e. The zero-order valence-electron chi connectivity index (χ0n) is 12.2. The molecule has 0 bridgehead atoms. The third-order valence-corrected chi connectivity index (χ3v) is 3.70. The van der Waals surface area contributed by atoms with Gasteiger partial charge in [0, 0.05) is 24.2 Å². The first kappa shape index (κ1) is 15.8. The van der Waals surface area contributed by atoms with Crippen LogP contribution in [0, 0.1) is 6.92 Å². The van der Waals surface area contributed by atoms with E-state index in [0.29, 0.717) is 19.1 Å². The number of benzene rings is 1. The SMILES string of the molecule is COCCOc1ccc(NCc2ccc(C)cc2Br)cn1. The first-order valence-corrected chi connectivity index (χ1v) is 7.55. The molecule has 1 aromatic carbocycles. The fraction of sp³-hybridized carbons (Fsp3) is 0.312. The van der Waals surface area contributed by atoms with Crippen LogP contribution in [0.5, 0.6) is 5.88 Å². The van der Waals surface area contributed by atoms with E-state index in [1.54, 1.807) is 13.3 Å². The summed E-state index contributed by atoms with van der Waals surface area (Å²) in [5, 5.41) is 3.34. The van der Waals surface area contributed by atoms with E-state index in [0.717, 1.165) is 16.7 Å². The molecule has 0 saturated heterocycles. The second-order valence-corrected chi connectivity index (χ2v) is 5.53. The van der Waals surface area contributed by atoms with Crippen LogP contribution in [0.3, 0.4) is 0 Å². The Labute approximate surface area is 133 Å². The number of aryl methyl sites for hydroxylation is 1. The van der Waals surface area contributed by atoms with Gasteiger partial charge in [0.2, 0.25) is 5.88 Å². The molecule has 0 aliphatic carbocycles. The van der Waals surface area contributed by atoms with Crippen molar-refractivity contribution in [3.8, 4) is 5.88 Å². The van der Waals surface area contributed by atoms with Crippen LogP contribution in [-0.2, 0) is 11.3 Å². The number of nitrogens with zero attached hydrogens (tertiary/aromatic N) is 1. The summed E-state index contributed by atoms with van der Waals surface area (Å²) in [7, 11) is 1.65. The summed E-state index contributed by atoms with van der Waals surface area (Å²) >= 11 is 3.58. The third-order valence-electron chi connectivity index (χ3n) is 2.97. The Balaban J connectivity index is 1.88. The second kappa shape index (κ2) is 8.00. The summed E-state index contributed by atoms with van der Waals surface area (Å²) in [5.74, 6) is 0.606. The second-order valence-electron chi connectivity index (χ2n) is 4.67. The Morgan fingerprint density at radius 2 is 2.05 bits per heavy atom. The van der Waals surface area contributed by atoms with Crippen molar-refractivity contribution >= 4 is 21.6 Å². The van der Waals surface area contributed by atoms with Crippen molar-refractivity contribution in [1.82, 2.24) is 4.98 Å². The molecule has 2 aromatic rings. The molecule has 0 saturated carbocycles. The maximum Gasteiger partial charge on any atom is 0.213 e. The highest BCUT2D eigenvalue weighted by Crippen LogP contribution is 2.20. The van der Waals surface area contributed by atoms with E-state index in [-0.39, 0.29) is 0 Å². The van der Waals surface area contributed by atoms with Gasteiger partial charge < -0.3 is 14.8 Å². The largest absolute Gasteiger partial charge is 0.475 e. The number of methoxy groups -OCH3 is 1. The Bertz CT molecular complexity index is 573. The van der Waals surface area contributed by atoms with E-state index in [9.17, 15) is 0 Å². The van der Waals surface area contributed by atoms with Gasteiger partial charge in [-0.2, -0.15) is 0 Å². The minimum Gasteiger partial charge on any atom is -0.475 e. The lowest BCUT2D eigenvalue weighted by atomic mass is 10.1. The molecule has 0 unspecified atom stereocenters. The molecule has 0 amide bonds. The molecule has 0 spiro atoms. The van der Waals surface area contributed by atoms with E-state index in [1.807, 2.05) is 12.1 Å². The summed E-state index contributed by atoms with van der Waals surface area (Å²) in [6.07, 6.45) is 1.77. The molecular formula is C16H19BrN2O2. The number of aromatic nitrogens is 1. The molecule has 2 rings (SSSR count). The number of ether oxygens (including phenoxy) is 2. The number of nitrogens with one attached hydrogen (secondary N) is 1. The summed E-state index contributed by atoms with van der Waals surface area (Å²) < 4.78 is 11.5. The zero-order valence-corrected chi connectivity index (χ0v) is 13.8. The van der Waals surface area contributed by atoms with E-state index in [2.05, 4.69) is 51.4 Å². The Kier molecular flexibility index (Phi) is 6.02. The van der Waals surface area contributed by atoms with Gasteiger partial charge in [0.25, 0.3) is 0 Å². The van der Waals surface area contributed by atoms with Gasteiger partial charge in [0.05, 0.1) is 18.5 Å². The Hall–Kier alpha value is -1.59. The molecule has 1 N–H and O–H groups in total. The summed E-state index contributed by atoms with van der Waals surface area (Å²) in [6, 6.07) is 10.1. The first-order chi connectivity index (χ1) is 10.2. The van der Waals surface area contributed by atoms with Crippen LogP contribution in [0.2, 0.25) is 0 Å². The van der Waals surface area contributed by atoms with Gasteiger partial charge in [-0.1, -0.05) is 28.1 Å². The summed E-state index contributed by atoms with van der Waals surface area (Å²) in [4.78, 5) is 4.25. The minimum absolute atomic E-state index is 0.507. The monoisotopic (exact) mass is 350 g/mol. The lowest BCUT2D eigenvalue weighted by molar-refractivity contribution is 0.144. The lowest BCUT2D eigenvalue weighted by Gasteiger charge is -2.09. The fourth-order valence-corrected chi connectivity index (χ4v) is 2.43. The third kappa shape index (κ3) is 5.02. The number of rotatable bonds is 7. The summed E-state index contributed by atoms with van der Waals surface area (Å²) in [6.45, 7) is 3.89. The number of halogens is 1. The number of anilines is 1. The van der Waals surface area contributed by atoms with Crippen molar-refractivity contribution in [3.05, 3.63) is 52.1 Å². The zero-order chi connectivity index (χ0) is 15.1. The van der Waals surface area contributed by atoms with Crippen LogP contribution >= 0.6 is 15.9 Å². The molecule has 4 nitrogen and oxygen atoms in total. The highest BCUT2D eigenvalue weighted by atomic mass is 79.9. The molecule has 0 aliphatic rings. The molecule has 5 heteroatoms. The number of hydrogen-bond acceptors (Lipinski definition) is 4.